The van der Waals surface area contributed by atoms with Crippen LogP contribution >= 0.6 is 0 Å². The Morgan fingerprint density at radius 1 is 1.08 bits per heavy atom. The highest BCUT2D eigenvalue weighted by atomic mass is 16.6. The molecule has 0 fully saturated rings. The van der Waals surface area contributed by atoms with Gasteiger partial charge in [-0.2, -0.15) is 0 Å². The van der Waals surface area contributed by atoms with Gasteiger partial charge in [0.25, 0.3) is 5.69 Å². The van der Waals surface area contributed by atoms with Crippen LogP contribution in [-0.2, 0) is 11.2 Å². The molecule has 0 radical (unpaired) electrons. The molecule has 0 saturated heterocycles. The SMILES string of the molecule is O=C(Cc1ccccc1[N+](=O)[O-])N1CC=C(c2ccccc2)CC1. The van der Waals surface area contributed by atoms with Gasteiger partial charge in [-0.3, -0.25) is 14.9 Å². The van der Waals surface area contributed by atoms with Gasteiger partial charge in [0.15, 0.2) is 0 Å². The number of carbonyl (C=O) groups excluding carboxylic acids is 1. The molecule has 0 atom stereocenters. The zero-order chi connectivity index (χ0) is 16.9. The molecule has 0 saturated carbocycles. The lowest BCUT2D eigenvalue weighted by molar-refractivity contribution is -0.385. The molecule has 0 unspecified atom stereocenters. The van der Waals surface area contributed by atoms with Crippen LogP contribution < -0.4 is 0 Å². The van der Waals surface area contributed by atoms with Crippen LogP contribution in [0.1, 0.15) is 17.5 Å². The van der Waals surface area contributed by atoms with Crippen molar-refractivity contribution in [2.45, 2.75) is 12.8 Å². The third-order valence-electron chi connectivity index (χ3n) is 4.24. The van der Waals surface area contributed by atoms with Gasteiger partial charge >= 0.3 is 0 Å². The topological polar surface area (TPSA) is 63.4 Å². The van der Waals surface area contributed by atoms with Gasteiger partial charge in [0.1, 0.15) is 0 Å². The molecule has 1 aliphatic heterocycles. The summed E-state index contributed by atoms with van der Waals surface area (Å²) in [6.07, 6.45) is 2.93. The molecule has 5 heteroatoms. The minimum atomic E-state index is -0.438. The molecule has 3 rings (SSSR count). The van der Waals surface area contributed by atoms with Crippen molar-refractivity contribution in [2.24, 2.45) is 0 Å². The fraction of sp³-hybridized carbons (Fsp3) is 0.211. The summed E-state index contributed by atoms with van der Waals surface area (Å²) < 4.78 is 0. The Morgan fingerprint density at radius 2 is 1.79 bits per heavy atom. The fourth-order valence-corrected chi connectivity index (χ4v) is 2.92. The average molecular weight is 322 g/mol. The number of para-hydroxylation sites is 1. The van der Waals surface area contributed by atoms with Crippen LogP contribution in [0.3, 0.4) is 0 Å². The van der Waals surface area contributed by atoms with Gasteiger partial charge in [0.05, 0.1) is 11.3 Å². The van der Waals surface area contributed by atoms with E-state index in [9.17, 15) is 14.9 Å². The van der Waals surface area contributed by atoms with E-state index in [0.29, 0.717) is 18.7 Å². The standard InChI is InChI=1S/C19H18N2O3/c22-19(14-17-8-4-5-9-18(17)21(23)24)20-12-10-16(11-13-20)15-6-2-1-3-7-15/h1-10H,11-14H2. The molecule has 0 aromatic heterocycles. The van der Waals surface area contributed by atoms with Gasteiger partial charge in [0, 0.05) is 24.7 Å². The van der Waals surface area contributed by atoms with Crippen LogP contribution in [0.4, 0.5) is 5.69 Å². The van der Waals surface area contributed by atoms with Crippen LogP contribution in [0.25, 0.3) is 5.57 Å². The molecule has 2 aromatic carbocycles. The average Bonchev–Trinajstić information content (AvgIpc) is 2.63. The molecule has 1 amide bonds. The molecule has 5 nitrogen and oxygen atoms in total. The molecule has 1 aliphatic rings. The molecule has 0 spiro atoms. The van der Waals surface area contributed by atoms with Crippen molar-refractivity contribution in [3.05, 3.63) is 81.9 Å². The second-order valence-electron chi connectivity index (χ2n) is 5.75. The van der Waals surface area contributed by atoms with Crippen molar-refractivity contribution in [2.75, 3.05) is 13.1 Å². The highest BCUT2D eigenvalue weighted by Gasteiger charge is 2.21. The first kappa shape index (κ1) is 15.9. The largest absolute Gasteiger partial charge is 0.338 e. The Labute approximate surface area is 140 Å². The zero-order valence-electron chi connectivity index (χ0n) is 13.2. The maximum absolute atomic E-state index is 12.5. The van der Waals surface area contributed by atoms with Crippen LogP contribution in [0.5, 0.6) is 0 Å². The van der Waals surface area contributed by atoms with Crippen LogP contribution in [-0.4, -0.2) is 28.8 Å². The van der Waals surface area contributed by atoms with Gasteiger partial charge in [0.2, 0.25) is 5.91 Å². The highest BCUT2D eigenvalue weighted by Crippen LogP contribution is 2.23. The summed E-state index contributed by atoms with van der Waals surface area (Å²) in [4.78, 5) is 24.8. The molecule has 1 heterocycles. The molecule has 122 valence electrons. The normalized spacial score (nSPS) is 14.2. The fourth-order valence-electron chi connectivity index (χ4n) is 2.92. The number of carbonyl (C=O) groups is 1. The van der Waals surface area contributed by atoms with Crippen LogP contribution in [0.2, 0.25) is 0 Å². The molecule has 24 heavy (non-hydrogen) atoms. The van der Waals surface area contributed by atoms with Gasteiger partial charge in [-0.05, 0) is 17.6 Å². The summed E-state index contributed by atoms with van der Waals surface area (Å²) in [7, 11) is 0. The lowest BCUT2D eigenvalue weighted by Crippen LogP contribution is -2.35. The predicted octanol–water partition coefficient (Wildman–Crippen LogP) is 3.45. The third kappa shape index (κ3) is 3.51. The molecule has 2 aromatic rings. The van der Waals surface area contributed by atoms with E-state index in [-0.39, 0.29) is 18.0 Å². The summed E-state index contributed by atoms with van der Waals surface area (Å²) >= 11 is 0. The summed E-state index contributed by atoms with van der Waals surface area (Å²) in [5.41, 5.74) is 2.89. The van der Waals surface area contributed by atoms with E-state index in [1.807, 2.05) is 18.2 Å². The Morgan fingerprint density at radius 3 is 2.46 bits per heavy atom. The number of nitro groups is 1. The van der Waals surface area contributed by atoms with E-state index < -0.39 is 4.92 Å². The van der Waals surface area contributed by atoms with Crippen molar-refractivity contribution >= 4 is 17.2 Å². The summed E-state index contributed by atoms with van der Waals surface area (Å²) in [6, 6.07) is 16.5. The first-order chi connectivity index (χ1) is 11.6. The van der Waals surface area contributed by atoms with Crippen molar-refractivity contribution in [3.8, 4) is 0 Å². The number of hydrogen-bond acceptors (Lipinski definition) is 3. The van der Waals surface area contributed by atoms with Crippen molar-refractivity contribution < 1.29 is 9.72 Å². The number of hydrogen-bond donors (Lipinski definition) is 0. The summed E-state index contributed by atoms with van der Waals surface area (Å²) in [6.45, 7) is 1.18. The first-order valence-corrected chi connectivity index (χ1v) is 7.89. The van der Waals surface area contributed by atoms with Gasteiger partial charge in [-0.25, -0.2) is 0 Å². The number of benzene rings is 2. The molecule has 0 aliphatic carbocycles. The third-order valence-corrected chi connectivity index (χ3v) is 4.24. The van der Waals surface area contributed by atoms with E-state index in [1.165, 1.54) is 17.2 Å². The van der Waals surface area contributed by atoms with E-state index in [1.54, 1.807) is 23.1 Å². The number of amides is 1. The molecular formula is C19H18N2O3. The maximum Gasteiger partial charge on any atom is 0.273 e. The van der Waals surface area contributed by atoms with Gasteiger partial charge < -0.3 is 4.90 Å². The summed E-state index contributed by atoms with van der Waals surface area (Å²) in [5.74, 6) is -0.0762. The van der Waals surface area contributed by atoms with Crippen LogP contribution in [0.15, 0.2) is 60.7 Å². The predicted molar refractivity (Wildman–Crippen MR) is 92.4 cm³/mol. The minimum Gasteiger partial charge on any atom is -0.338 e. The molecular weight excluding hydrogens is 304 g/mol. The highest BCUT2D eigenvalue weighted by molar-refractivity contribution is 5.81. The minimum absolute atomic E-state index is 0.00313. The lowest BCUT2D eigenvalue weighted by Gasteiger charge is -2.26. The van der Waals surface area contributed by atoms with Crippen molar-refractivity contribution in [1.29, 1.82) is 0 Å². The quantitative estimate of drug-likeness (QED) is 0.640. The Hall–Kier alpha value is -2.95. The monoisotopic (exact) mass is 322 g/mol. The zero-order valence-corrected chi connectivity index (χ0v) is 13.2. The van der Waals surface area contributed by atoms with Gasteiger partial charge in [-0.15, -0.1) is 0 Å². The van der Waals surface area contributed by atoms with Crippen molar-refractivity contribution in [3.63, 3.8) is 0 Å². The molecule has 0 N–H and O–H groups in total. The smallest absolute Gasteiger partial charge is 0.273 e. The summed E-state index contributed by atoms with van der Waals surface area (Å²) in [5, 5.41) is 11.1. The Bertz CT molecular complexity index is 784. The molecule has 0 bridgehead atoms. The van der Waals surface area contributed by atoms with Gasteiger partial charge in [-0.1, -0.05) is 54.6 Å². The number of nitrogens with zero attached hydrogens (tertiary/aromatic N) is 2. The maximum atomic E-state index is 12.5. The number of nitro benzene ring substituents is 1. The second kappa shape index (κ2) is 7.08. The van der Waals surface area contributed by atoms with E-state index >= 15 is 0 Å². The lowest BCUT2D eigenvalue weighted by atomic mass is 9.99. The van der Waals surface area contributed by atoms with E-state index in [4.69, 9.17) is 0 Å². The van der Waals surface area contributed by atoms with Crippen LogP contribution in [0, 0.1) is 10.1 Å². The first-order valence-electron chi connectivity index (χ1n) is 7.89. The van der Waals surface area contributed by atoms with Crippen molar-refractivity contribution in [1.82, 2.24) is 4.90 Å². The Kier molecular flexibility index (Phi) is 4.70. The second-order valence-corrected chi connectivity index (χ2v) is 5.75. The Balaban J connectivity index is 1.68. The van der Waals surface area contributed by atoms with E-state index in [0.717, 1.165) is 6.42 Å². The number of rotatable bonds is 4. The van der Waals surface area contributed by atoms with E-state index in [2.05, 4.69) is 18.2 Å².